The van der Waals surface area contributed by atoms with E-state index < -0.39 is 0 Å². The molecule has 1 aliphatic heterocycles. The molecule has 0 saturated heterocycles. The van der Waals surface area contributed by atoms with Gasteiger partial charge < -0.3 is 24.2 Å². The molecule has 8 nitrogen and oxygen atoms in total. The molecule has 2 heterocycles. The Balaban J connectivity index is 1.32. The minimum atomic E-state index is -0.328. The van der Waals surface area contributed by atoms with Gasteiger partial charge >= 0.3 is 0 Å². The number of amides is 2. The summed E-state index contributed by atoms with van der Waals surface area (Å²) in [6, 6.07) is 7.26. The number of hydrogen-bond donors (Lipinski definition) is 1. The zero-order chi connectivity index (χ0) is 23.2. The highest BCUT2D eigenvalue weighted by Gasteiger charge is 2.24. The van der Waals surface area contributed by atoms with Gasteiger partial charge in [0.2, 0.25) is 12.7 Å². The molecule has 1 N–H and O–H groups in total. The maximum absolute atomic E-state index is 13.0. The molecule has 1 saturated carbocycles. The van der Waals surface area contributed by atoms with Crippen molar-refractivity contribution in [1.29, 1.82) is 0 Å². The Morgan fingerprint density at radius 1 is 1.18 bits per heavy atom. The van der Waals surface area contributed by atoms with Crippen LogP contribution in [-0.4, -0.2) is 34.7 Å². The summed E-state index contributed by atoms with van der Waals surface area (Å²) in [6.45, 7) is 4.97. The van der Waals surface area contributed by atoms with Crippen molar-refractivity contribution in [2.24, 2.45) is 5.92 Å². The molecule has 2 amide bonds. The Hall–Kier alpha value is -3.03. The molecule has 1 fully saturated rings. The van der Waals surface area contributed by atoms with Crippen molar-refractivity contribution in [2.75, 3.05) is 6.79 Å². The van der Waals surface area contributed by atoms with Gasteiger partial charge in [-0.25, -0.2) is 0 Å². The highest BCUT2D eigenvalue weighted by atomic mass is 16.7. The quantitative estimate of drug-likeness (QED) is 0.570. The average Bonchev–Trinajstić information content (AvgIpc) is 3.60. The second kappa shape index (κ2) is 10.7. The molecular weight excluding hydrogens is 422 g/mol. The molecule has 1 aromatic carbocycles. The number of carbonyl (C=O) groups is 2. The smallest absolute Gasteiger partial charge is 0.273 e. The predicted molar refractivity (Wildman–Crippen MR) is 122 cm³/mol. The Kier molecular flexibility index (Phi) is 7.52. The van der Waals surface area contributed by atoms with Gasteiger partial charge in [0.15, 0.2) is 23.0 Å². The zero-order valence-corrected chi connectivity index (χ0v) is 19.5. The summed E-state index contributed by atoms with van der Waals surface area (Å²) in [5.41, 5.74) is 1.10. The Morgan fingerprint density at radius 2 is 1.97 bits per heavy atom. The lowest BCUT2D eigenvalue weighted by atomic mass is 10.0. The van der Waals surface area contributed by atoms with Crippen LogP contribution in [0.3, 0.4) is 0 Å². The fraction of sp³-hybridized carbons (Fsp3) is 0.560. The molecule has 2 aromatic rings. The number of carbonyl (C=O) groups excluding carboxylic acids is 2. The van der Waals surface area contributed by atoms with E-state index in [1.54, 1.807) is 6.07 Å². The molecule has 4 rings (SSSR count). The van der Waals surface area contributed by atoms with Crippen LogP contribution in [0, 0.1) is 5.92 Å². The van der Waals surface area contributed by atoms with Crippen molar-refractivity contribution in [3.05, 3.63) is 41.3 Å². The van der Waals surface area contributed by atoms with Crippen molar-refractivity contribution in [2.45, 2.75) is 77.9 Å². The summed E-state index contributed by atoms with van der Waals surface area (Å²) >= 11 is 0. The summed E-state index contributed by atoms with van der Waals surface area (Å²) in [7, 11) is 0. The standard InChI is InChI=1S/C25H33N3O5/c1-3-17(2)28(24(29)11-9-18-6-4-5-7-18)15-20-13-21(27-33-20)25(30)26-14-19-8-10-22-23(12-19)32-16-31-22/h8,10,12-13,17-18H,3-7,9,11,14-16H2,1-2H3,(H,26,30). The molecule has 1 aliphatic carbocycles. The summed E-state index contributed by atoms with van der Waals surface area (Å²) in [5.74, 6) is 2.38. The van der Waals surface area contributed by atoms with Crippen LogP contribution in [0.4, 0.5) is 0 Å². The van der Waals surface area contributed by atoms with E-state index in [-0.39, 0.29) is 30.3 Å². The van der Waals surface area contributed by atoms with Gasteiger partial charge in [-0.1, -0.05) is 43.8 Å². The van der Waals surface area contributed by atoms with E-state index in [4.69, 9.17) is 14.0 Å². The van der Waals surface area contributed by atoms with Gasteiger partial charge in [0.05, 0.1) is 6.54 Å². The number of ether oxygens (including phenoxy) is 2. The summed E-state index contributed by atoms with van der Waals surface area (Å²) in [5, 5.41) is 6.77. The first kappa shape index (κ1) is 23.1. The highest BCUT2D eigenvalue weighted by molar-refractivity contribution is 5.92. The average molecular weight is 456 g/mol. The normalized spacial score (nSPS) is 16.1. The number of rotatable bonds is 10. The predicted octanol–water partition coefficient (Wildman–Crippen LogP) is 4.43. The largest absolute Gasteiger partial charge is 0.454 e. The summed E-state index contributed by atoms with van der Waals surface area (Å²) in [4.78, 5) is 27.4. The van der Waals surface area contributed by atoms with Crippen LogP contribution in [-0.2, 0) is 17.9 Å². The topological polar surface area (TPSA) is 93.9 Å². The molecule has 0 bridgehead atoms. The lowest BCUT2D eigenvalue weighted by molar-refractivity contribution is -0.134. The third-order valence-electron chi connectivity index (χ3n) is 6.69. The number of benzene rings is 1. The summed E-state index contributed by atoms with van der Waals surface area (Å²) < 4.78 is 16.1. The summed E-state index contributed by atoms with van der Waals surface area (Å²) in [6.07, 6.45) is 7.41. The Morgan fingerprint density at radius 3 is 2.76 bits per heavy atom. The molecular formula is C25H33N3O5. The van der Waals surface area contributed by atoms with Gasteiger partial charge in [-0.05, 0) is 43.4 Å². The molecule has 2 aliphatic rings. The van der Waals surface area contributed by atoms with Gasteiger partial charge in [0.25, 0.3) is 5.91 Å². The number of hydrogen-bond acceptors (Lipinski definition) is 6. The van der Waals surface area contributed by atoms with Crippen LogP contribution in [0.15, 0.2) is 28.8 Å². The SMILES string of the molecule is CCC(C)N(Cc1cc(C(=O)NCc2ccc3c(c2)OCO3)no1)C(=O)CCC1CCCC1. The maximum atomic E-state index is 13.0. The zero-order valence-electron chi connectivity index (χ0n) is 19.5. The molecule has 1 unspecified atom stereocenters. The van der Waals surface area contributed by atoms with Crippen molar-refractivity contribution < 1.29 is 23.6 Å². The van der Waals surface area contributed by atoms with E-state index in [2.05, 4.69) is 17.4 Å². The molecule has 33 heavy (non-hydrogen) atoms. The number of nitrogens with zero attached hydrogens (tertiary/aromatic N) is 2. The molecule has 0 radical (unpaired) electrons. The van der Waals surface area contributed by atoms with E-state index in [1.807, 2.05) is 30.0 Å². The lowest BCUT2D eigenvalue weighted by Gasteiger charge is -2.28. The van der Waals surface area contributed by atoms with Gasteiger partial charge in [-0.2, -0.15) is 0 Å². The third-order valence-corrected chi connectivity index (χ3v) is 6.69. The second-order valence-corrected chi connectivity index (χ2v) is 9.02. The van der Waals surface area contributed by atoms with Crippen LogP contribution >= 0.6 is 0 Å². The molecule has 1 atom stereocenters. The van der Waals surface area contributed by atoms with Gasteiger partial charge in [-0.15, -0.1) is 0 Å². The number of fused-ring (bicyclic) bond motifs is 1. The van der Waals surface area contributed by atoms with E-state index in [9.17, 15) is 9.59 Å². The van der Waals surface area contributed by atoms with Crippen LogP contribution in [0.25, 0.3) is 0 Å². The first-order valence-corrected chi connectivity index (χ1v) is 11.9. The van der Waals surface area contributed by atoms with E-state index in [0.717, 1.165) is 18.4 Å². The second-order valence-electron chi connectivity index (χ2n) is 9.02. The van der Waals surface area contributed by atoms with Crippen LogP contribution in [0.5, 0.6) is 11.5 Å². The van der Waals surface area contributed by atoms with Crippen LogP contribution < -0.4 is 14.8 Å². The number of nitrogens with one attached hydrogen (secondary N) is 1. The van der Waals surface area contributed by atoms with Gasteiger partial charge in [0, 0.05) is 25.1 Å². The fourth-order valence-corrected chi connectivity index (χ4v) is 4.47. The first-order chi connectivity index (χ1) is 16.0. The molecule has 178 valence electrons. The molecule has 1 aromatic heterocycles. The van der Waals surface area contributed by atoms with Gasteiger partial charge in [0.1, 0.15) is 0 Å². The van der Waals surface area contributed by atoms with Crippen LogP contribution in [0.2, 0.25) is 0 Å². The fourth-order valence-electron chi connectivity index (χ4n) is 4.47. The molecule has 0 spiro atoms. The maximum Gasteiger partial charge on any atom is 0.273 e. The highest BCUT2D eigenvalue weighted by Crippen LogP contribution is 2.32. The van der Waals surface area contributed by atoms with Crippen molar-refractivity contribution >= 4 is 11.8 Å². The van der Waals surface area contributed by atoms with Crippen molar-refractivity contribution in [1.82, 2.24) is 15.4 Å². The number of aromatic nitrogens is 1. The van der Waals surface area contributed by atoms with Crippen molar-refractivity contribution in [3.63, 3.8) is 0 Å². The third kappa shape index (κ3) is 5.86. The molecule has 8 heteroatoms. The van der Waals surface area contributed by atoms with Gasteiger partial charge in [-0.3, -0.25) is 9.59 Å². The van der Waals surface area contributed by atoms with E-state index >= 15 is 0 Å². The minimum absolute atomic E-state index is 0.0921. The van der Waals surface area contributed by atoms with Crippen molar-refractivity contribution in [3.8, 4) is 11.5 Å². The minimum Gasteiger partial charge on any atom is -0.454 e. The Labute approximate surface area is 194 Å². The Bertz CT molecular complexity index is 967. The first-order valence-electron chi connectivity index (χ1n) is 11.9. The van der Waals surface area contributed by atoms with E-state index in [1.165, 1.54) is 25.7 Å². The lowest BCUT2D eigenvalue weighted by Crippen LogP contribution is -2.37. The van der Waals surface area contributed by atoms with E-state index in [0.29, 0.717) is 42.7 Å². The van der Waals surface area contributed by atoms with Crippen LogP contribution in [0.1, 0.15) is 80.6 Å². The monoisotopic (exact) mass is 455 g/mol.